The van der Waals surface area contributed by atoms with Gasteiger partial charge in [-0.05, 0) is 86.9 Å². The molecule has 0 saturated heterocycles. The first kappa shape index (κ1) is 22.6. The summed E-state index contributed by atoms with van der Waals surface area (Å²) in [5.74, 6) is 1.62. The van der Waals surface area contributed by atoms with Gasteiger partial charge in [0.05, 0.1) is 23.6 Å². The summed E-state index contributed by atoms with van der Waals surface area (Å²) in [6, 6.07) is 24.1. The fourth-order valence-corrected chi connectivity index (χ4v) is 3.89. The van der Waals surface area contributed by atoms with E-state index < -0.39 is 0 Å². The number of hydrogen-bond donors (Lipinski definition) is 2. The van der Waals surface area contributed by atoms with Crippen molar-refractivity contribution < 1.29 is 4.74 Å². The molecule has 1 aromatic heterocycles. The second-order valence-corrected chi connectivity index (χ2v) is 8.57. The van der Waals surface area contributed by atoms with Crippen molar-refractivity contribution in [2.45, 2.75) is 34.2 Å². The molecule has 4 rings (SSSR count). The zero-order valence-electron chi connectivity index (χ0n) is 19.3. The molecule has 0 amide bonds. The second-order valence-electron chi connectivity index (χ2n) is 8.16. The first-order valence-corrected chi connectivity index (χ1v) is 11.3. The van der Waals surface area contributed by atoms with E-state index in [1.807, 2.05) is 67.1 Å². The van der Waals surface area contributed by atoms with Crippen LogP contribution in [0, 0.1) is 27.7 Å². The average Bonchev–Trinajstić information content (AvgIpc) is 3.04. The van der Waals surface area contributed by atoms with Crippen LogP contribution >= 0.6 is 12.2 Å². The number of rotatable bonds is 6. The van der Waals surface area contributed by atoms with Gasteiger partial charge in [0, 0.05) is 5.69 Å². The van der Waals surface area contributed by atoms with Crippen LogP contribution in [0.2, 0.25) is 0 Å². The summed E-state index contributed by atoms with van der Waals surface area (Å²) >= 11 is 5.58. The molecule has 0 aliphatic carbocycles. The lowest BCUT2D eigenvalue weighted by Gasteiger charge is -2.14. The molecule has 4 aromatic rings. The Morgan fingerprint density at radius 2 is 1.64 bits per heavy atom. The fraction of sp³-hybridized carbons (Fsp3) is 0.185. The van der Waals surface area contributed by atoms with Crippen molar-refractivity contribution in [1.82, 2.24) is 9.78 Å². The summed E-state index contributed by atoms with van der Waals surface area (Å²) in [4.78, 5) is 0. The largest absolute Gasteiger partial charge is 0.457 e. The number of nitrogens with one attached hydrogen (secondary N) is 2. The van der Waals surface area contributed by atoms with E-state index in [1.54, 1.807) is 0 Å². The van der Waals surface area contributed by atoms with Crippen LogP contribution in [0.4, 0.5) is 11.4 Å². The Morgan fingerprint density at radius 1 is 0.879 bits per heavy atom. The van der Waals surface area contributed by atoms with E-state index in [-0.39, 0.29) is 0 Å². The fourth-order valence-electron chi connectivity index (χ4n) is 3.67. The molecule has 0 saturated carbocycles. The zero-order valence-corrected chi connectivity index (χ0v) is 20.2. The SMILES string of the molecule is Cc1ccc(C)c(NC(=S)Nc2c(C)nn(Cc3cccc(Oc4ccccc4)c3)c2C)c1. The van der Waals surface area contributed by atoms with E-state index in [4.69, 9.17) is 22.1 Å². The molecule has 0 spiro atoms. The van der Waals surface area contributed by atoms with Crippen molar-refractivity contribution in [2.75, 3.05) is 10.6 Å². The monoisotopic (exact) mass is 456 g/mol. The minimum Gasteiger partial charge on any atom is -0.457 e. The van der Waals surface area contributed by atoms with Gasteiger partial charge in [-0.15, -0.1) is 0 Å². The number of anilines is 2. The summed E-state index contributed by atoms with van der Waals surface area (Å²) in [5.41, 5.74) is 7.29. The molecule has 168 valence electrons. The summed E-state index contributed by atoms with van der Waals surface area (Å²) in [6.45, 7) is 8.81. The second kappa shape index (κ2) is 9.88. The summed E-state index contributed by atoms with van der Waals surface area (Å²) in [5, 5.41) is 11.9. The number of hydrogen-bond acceptors (Lipinski definition) is 3. The average molecular weight is 457 g/mol. The molecule has 33 heavy (non-hydrogen) atoms. The van der Waals surface area contributed by atoms with Gasteiger partial charge in [-0.2, -0.15) is 5.10 Å². The number of aromatic nitrogens is 2. The van der Waals surface area contributed by atoms with E-state index in [0.29, 0.717) is 11.7 Å². The third-order valence-electron chi connectivity index (χ3n) is 5.47. The molecule has 0 bridgehead atoms. The Balaban J connectivity index is 1.47. The van der Waals surface area contributed by atoms with Crippen molar-refractivity contribution in [2.24, 2.45) is 0 Å². The maximum Gasteiger partial charge on any atom is 0.175 e. The van der Waals surface area contributed by atoms with E-state index in [1.165, 1.54) is 5.56 Å². The van der Waals surface area contributed by atoms with E-state index >= 15 is 0 Å². The first-order chi connectivity index (χ1) is 15.9. The van der Waals surface area contributed by atoms with Crippen molar-refractivity contribution in [3.05, 3.63) is 101 Å². The van der Waals surface area contributed by atoms with Crippen LogP contribution < -0.4 is 15.4 Å². The van der Waals surface area contributed by atoms with Crippen LogP contribution in [0.25, 0.3) is 0 Å². The Hall–Kier alpha value is -3.64. The van der Waals surface area contributed by atoms with Gasteiger partial charge < -0.3 is 15.4 Å². The minimum absolute atomic E-state index is 0.549. The molecular formula is C27H28N4OS. The summed E-state index contributed by atoms with van der Waals surface area (Å²) in [6.07, 6.45) is 0. The molecule has 0 aliphatic rings. The maximum absolute atomic E-state index is 5.98. The highest BCUT2D eigenvalue weighted by Crippen LogP contribution is 2.25. The van der Waals surface area contributed by atoms with Crippen molar-refractivity contribution >= 4 is 28.7 Å². The number of benzene rings is 3. The summed E-state index contributed by atoms with van der Waals surface area (Å²) < 4.78 is 7.96. The predicted molar refractivity (Wildman–Crippen MR) is 140 cm³/mol. The molecule has 3 aromatic carbocycles. The van der Waals surface area contributed by atoms with Gasteiger partial charge in [0.15, 0.2) is 5.11 Å². The van der Waals surface area contributed by atoms with Gasteiger partial charge in [0.1, 0.15) is 11.5 Å². The first-order valence-electron chi connectivity index (χ1n) is 10.9. The topological polar surface area (TPSA) is 51.1 Å². The van der Waals surface area contributed by atoms with Crippen molar-refractivity contribution in [1.29, 1.82) is 0 Å². The van der Waals surface area contributed by atoms with E-state index in [0.717, 1.165) is 45.4 Å². The number of nitrogens with zero attached hydrogens (tertiary/aromatic N) is 2. The van der Waals surface area contributed by atoms with Crippen LogP contribution in [0.3, 0.4) is 0 Å². The van der Waals surface area contributed by atoms with Crippen LogP contribution in [-0.4, -0.2) is 14.9 Å². The highest BCUT2D eigenvalue weighted by molar-refractivity contribution is 7.80. The smallest absolute Gasteiger partial charge is 0.175 e. The third-order valence-corrected chi connectivity index (χ3v) is 5.68. The van der Waals surface area contributed by atoms with Gasteiger partial charge >= 0.3 is 0 Å². The van der Waals surface area contributed by atoms with Gasteiger partial charge in [-0.1, -0.05) is 42.5 Å². The Bertz CT molecular complexity index is 1280. The number of thiocarbonyl (C=S) groups is 1. The Labute approximate surface area is 200 Å². The molecule has 0 unspecified atom stereocenters. The van der Waals surface area contributed by atoms with Gasteiger partial charge in [0.2, 0.25) is 0 Å². The van der Waals surface area contributed by atoms with Gasteiger partial charge in [-0.3, -0.25) is 4.68 Å². The van der Waals surface area contributed by atoms with E-state index in [9.17, 15) is 0 Å². The van der Waals surface area contributed by atoms with E-state index in [2.05, 4.69) is 48.7 Å². The normalized spacial score (nSPS) is 10.7. The predicted octanol–water partition coefficient (Wildman–Crippen LogP) is 6.77. The van der Waals surface area contributed by atoms with Crippen LogP contribution in [0.15, 0.2) is 72.8 Å². The highest BCUT2D eigenvalue weighted by atomic mass is 32.1. The number of ether oxygens (including phenoxy) is 1. The van der Waals surface area contributed by atoms with Crippen molar-refractivity contribution in [3.63, 3.8) is 0 Å². The molecule has 0 aliphatic heterocycles. The lowest BCUT2D eigenvalue weighted by Crippen LogP contribution is -2.20. The van der Waals surface area contributed by atoms with Crippen LogP contribution in [0.1, 0.15) is 28.1 Å². The lowest BCUT2D eigenvalue weighted by atomic mass is 10.1. The van der Waals surface area contributed by atoms with Crippen LogP contribution in [-0.2, 0) is 6.54 Å². The molecule has 2 N–H and O–H groups in total. The molecule has 0 radical (unpaired) electrons. The number of aryl methyl sites for hydroxylation is 3. The Morgan fingerprint density at radius 3 is 2.42 bits per heavy atom. The minimum atomic E-state index is 0.549. The van der Waals surface area contributed by atoms with Crippen molar-refractivity contribution in [3.8, 4) is 11.5 Å². The maximum atomic E-state index is 5.98. The molecule has 1 heterocycles. The Kier molecular flexibility index (Phi) is 6.75. The lowest BCUT2D eigenvalue weighted by molar-refractivity contribution is 0.481. The molecule has 0 fully saturated rings. The quantitative estimate of drug-likeness (QED) is 0.314. The molecule has 0 atom stereocenters. The van der Waals surface area contributed by atoms with Gasteiger partial charge in [0.25, 0.3) is 0 Å². The number of para-hydroxylation sites is 1. The molecule has 5 nitrogen and oxygen atoms in total. The highest BCUT2D eigenvalue weighted by Gasteiger charge is 2.14. The van der Waals surface area contributed by atoms with Crippen LogP contribution in [0.5, 0.6) is 11.5 Å². The zero-order chi connectivity index (χ0) is 23.4. The standard InChI is InChI=1S/C27H28N4OS/c1-18-13-14-19(2)25(15-18)28-27(33)29-26-20(3)30-31(21(26)4)17-22-9-8-12-24(16-22)32-23-10-6-5-7-11-23/h5-16H,17H2,1-4H3,(H2,28,29,33). The third kappa shape index (κ3) is 5.59. The molecule has 6 heteroatoms. The summed E-state index contributed by atoms with van der Waals surface area (Å²) in [7, 11) is 0. The molecular weight excluding hydrogens is 428 g/mol. The van der Waals surface area contributed by atoms with Gasteiger partial charge in [-0.25, -0.2) is 0 Å².